The number of hydrogen-bond acceptors (Lipinski definition) is 4. The number of halogens is 2. The lowest BCUT2D eigenvalue weighted by atomic mass is 10.1. The highest BCUT2D eigenvalue weighted by Gasteiger charge is 2.14. The van der Waals surface area contributed by atoms with Crippen LogP contribution in [0.15, 0.2) is 30.3 Å². The molecular weight excluding hydrogens is 365 g/mol. The molecule has 0 fully saturated rings. The van der Waals surface area contributed by atoms with Crippen LogP contribution in [0.5, 0.6) is 0 Å². The average Bonchev–Trinajstić information content (AvgIpc) is 2.94. The van der Waals surface area contributed by atoms with Gasteiger partial charge in [-0.3, -0.25) is 10.1 Å². The fourth-order valence-electron chi connectivity index (χ4n) is 2.30. The Morgan fingerprint density at radius 1 is 1.21 bits per heavy atom. The fraction of sp³-hybridized carbons (Fsp3) is 0.235. The number of aryl methyl sites for hydroxylation is 1. The zero-order chi connectivity index (χ0) is 17.1. The van der Waals surface area contributed by atoms with Crippen molar-refractivity contribution in [3.63, 3.8) is 0 Å². The van der Waals surface area contributed by atoms with Crippen molar-refractivity contribution in [1.29, 1.82) is 0 Å². The molecule has 0 aliphatic heterocycles. The molecule has 3 rings (SSSR count). The Kier molecular flexibility index (Phi) is 5.33. The van der Waals surface area contributed by atoms with Crippen LogP contribution in [-0.2, 0) is 6.42 Å². The largest absolute Gasteiger partial charge is 0.298 e. The Hall–Kier alpha value is -1.69. The first-order chi connectivity index (χ1) is 11.6. The number of rotatable bonds is 5. The van der Waals surface area contributed by atoms with Gasteiger partial charge >= 0.3 is 0 Å². The number of nitrogens with one attached hydrogen (secondary N) is 1. The van der Waals surface area contributed by atoms with E-state index in [2.05, 4.69) is 34.3 Å². The molecule has 0 radical (unpaired) electrons. The SMILES string of the molecule is CCCCc1ccc2nc(NC(=O)c3ccc(Cl)nc3Cl)sc2c1. The van der Waals surface area contributed by atoms with E-state index in [9.17, 15) is 4.79 Å². The average molecular weight is 380 g/mol. The summed E-state index contributed by atoms with van der Waals surface area (Å²) in [6, 6.07) is 9.28. The molecule has 2 aromatic heterocycles. The number of amides is 1. The molecule has 2 heterocycles. The summed E-state index contributed by atoms with van der Waals surface area (Å²) >= 11 is 13.2. The summed E-state index contributed by atoms with van der Waals surface area (Å²) in [5.74, 6) is -0.352. The van der Waals surface area contributed by atoms with E-state index in [-0.39, 0.29) is 21.8 Å². The zero-order valence-corrected chi connectivity index (χ0v) is 15.3. The van der Waals surface area contributed by atoms with Gasteiger partial charge < -0.3 is 0 Å². The maximum atomic E-state index is 12.3. The van der Waals surface area contributed by atoms with Gasteiger partial charge in [0, 0.05) is 0 Å². The summed E-state index contributed by atoms with van der Waals surface area (Å²) in [6.45, 7) is 2.18. The summed E-state index contributed by atoms with van der Waals surface area (Å²) in [4.78, 5) is 20.6. The van der Waals surface area contributed by atoms with Gasteiger partial charge in [0.1, 0.15) is 10.3 Å². The summed E-state index contributed by atoms with van der Waals surface area (Å²) in [6.07, 6.45) is 3.38. The molecule has 124 valence electrons. The van der Waals surface area contributed by atoms with E-state index in [1.165, 1.54) is 23.0 Å². The van der Waals surface area contributed by atoms with Crippen molar-refractivity contribution in [2.45, 2.75) is 26.2 Å². The number of carbonyl (C=O) groups is 1. The second kappa shape index (κ2) is 7.47. The Labute approximate surface area is 153 Å². The number of carbonyl (C=O) groups excluding carboxylic acids is 1. The summed E-state index contributed by atoms with van der Waals surface area (Å²) in [5.41, 5.74) is 2.43. The number of pyridine rings is 1. The third-order valence-corrected chi connectivity index (χ3v) is 4.98. The molecule has 0 aliphatic carbocycles. The number of anilines is 1. The van der Waals surface area contributed by atoms with Crippen LogP contribution in [0.1, 0.15) is 35.7 Å². The molecule has 1 amide bonds. The number of fused-ring (bicyclic) bond motifs is 1. The minimum atomic E-state index is -0.352. The Bertz CT molecular complexity index is 895. The summed E-state index contributed by atoms with van der Waals surface area (Å²) in [7, 11) is 0. The van der Waals surface area contributed by atoms with Gasteiger partial charge in [-0.2, -0.15) is 0 Å². The van der Waals surface area contributed by atoms with Gasteiger partial charge in [0.25, 0.3) is 5.91 Å². The van der Waals surface area contributed by atoms with E-state index < -0.39 is 0 Å². The standard InChI is InChI=1S/C17H15Cl2N3OS/c1-2-3-4-10-5-7-12-13(9-10)24-17(20-12)22-16(23)11-6-8-14(18)21-15(11)19/h5-9H,2-4H2,1H3,(H,20,22,23). The van der Waals surface area contributed by atoms with Crippen molar-refractivity contribution in [2.75, 3.05) is 5.32 Å². The molecule has 7 heteroatoms. The number of benzene rings is 1. The van der Waals surface area contributed by atoms with Crippen LogP contribution in [0.2, 0.25) is 10.3 Å². The van der Waals surface area contributed by atoms with Gasteiger partial charge in [-0.15, -0.1) is 0 Å². The van der Waals surface area contributed by atoms with Crippen LogP contribution in [0.4, 0.5) is 5.13 Å². The van der Waals surface area contributed by atoms with Crippen LogP contribution in [0, 0.1) is 0 Å². The number of hydrogen-bond donors (Lipinski definition) is 1. The van der Waals surface area contributed by atoms with E-state index in [1.807, 2.05) is 6.07 Å². The minimum absolute atomic E-state index is 0.0722. The third kappa shape index (κ3) is 3.86. The third-order valence-electron chi connectivity index (χ3n) is 3.55. The predicted octanol–water partition coefficient (Wildman–Crippen LogP) is 5.59. The van der Waals surface area contributed by atoms with Gasteiger partial charge in [0.2, 0.25) is 0 Å². The smallest absolute Gasteiger partial charge is 0.260 e. The van der Waals surface area contributed by atoms with Gasteiger partial charge in [-0.25, -0.2) is 9.97 Å². The molecule has 0 unspecified atom stereocenters. The number of nitrogens with zero attached hydrogens (tertiary/aromatic N) is 2. The van der Waals surface area contributed by atoms with E-state index in [4.69, 9.17) is 23.2 Å². The predicted molar refractivity (Wildman–Crippen MR) is 100 cm³/mol. The van der Waals surface area contributed by atoms with Gasteiger partial charge in [0.15, 0.2) is 5.13 Å². The van der Waals surface area contributed by atoms with Crippen LogP contribution in [-0.4, -0.2) is 15.9 Å². The highest BCUT2D eigenvalue weighted by molar-refractivity contribution is 7.22. The second-order valence-electron chi connectivity index (χ2n) is 5.35. The Morgan fingerprint density at radius 3 is 2.79 bits per heavy atom. The molecule has 0 saturated heterocycles. The molecule has 0 bridgehead atoms. The summed E-state index contributed by atoms with van der Waals surface area (Å²) < 4.78 is 1.05. The first-order valence-electron chi connectivity index (χ1n) is 7.59. The van der Waals surface area contributed by atoms with E-state index >= 15 is 0 Å². The highest BCUT2D eigenvalue weighted by atomic mass is 35.5. The number of thiazole rings is 1. The van der Waals surface area contributed by atoms with Gasteiger partial charge in [-0.1, -0.05) is 53.9 Å². The van der Waals surface area contributed by atoms with Crippen molar-refractivity contribution in [2.24, 2.45) is 0 Å². The highest BCUT2D eigenvalue weighted by Crippen LogP contribution is 2.28. The Morgan fingerprint density at radius 2 is 2.04 bits per heavy atom. The van der Waals surface area contributed by atoms with Crippen molar-refractivity contribution < 1.29 is 4.79 Å². The minimum Gasteiger partial charge on any atom is -0.298 e. The van der Waals surface area contributed by atoms with E-state index in [1.54, 1.807) is 6.07 Å². The molecule has 0 aliphatic rings. The van der Waals surface area contributed by atoms with E-state index in [0.29, 0.717) is 5.13 Å². The lowest BCUT2D eigenvalue weighted by Gasteiger charge is -2.03. The quantitative estimate of drug-likeness (QED) is 0.587. The molecule has 0 atom stereocenters. The lowest BCUT2D eigenvalue weighted by Crippen LogP contribution is -2.12. The summed E-state index contributed by atoms with van der Waals surface area (Å²) in [5, 5.41) is 3.63. The molecule has 3 aromatic rings. The molecule has 1 aromatic carbocycles. The van der Waals surface area contributed by atoms with Crippen LogP contribution in [0.3, 0.4) is 0 Å². The first kappa shape index (κ1) is 17.1. The second-order valence-corrected chi connectivity index (χ2v) is 7.13. The zero-order valence-electron chi connectivity index (χ0n) is 13.0. The van der Waals surface area contributed by atoms with Crippen LogP contribution >= 0.6 is 34.5 Å². The lowest BCUT2D eigenvalue weighted by molar-refractivity contribution is 0.102. The van der Waals surface area contributed by atoms with Crippen molar-refractivity contribution in [3.05, 3.63) is 51.8 Å². The van der Waals surface area contributed by atoms with E-state index in [0.717, 1.165) is 29.5 Å². The topological polar surface area (TPSA) is 54.9 Å². The normalized spacial score (nSPS) is 11.0. The molecule has 4 nitrogen and oxygen atoms in total. The molecule has 0 saturated carbocycles. The fourth-order valence-corrected chi connectivity index (χ4v) is 3.66. The van der Waals surface area contributed by atoms with Gasteiger partial charge in [-0.05, 0) is 42.7 Å². The Balaban J connectivity index is 1.80. The van der Waals surface area contributed by atoms with Crippen molar-refractivity contribution >= 4 is 55.8 Å². The van der Waals surface area contributed by atoms with Crippen molar-refractivity contribution in [3.8, 4) is 0 Å². The first-order valence-corrected chi connectivity index (χ1v) is 9.17. The number of aromatic nitrogens is 2. The van der Waals surface area contributed by atoms with Crippen LogP contribution < -0.4 is 5.32 Å². The molecular formula is C17H15Cl2N3OS. The van der Waals surface area contributed by atoms with Gasteiger partial charge in [0.05, 0.1) is 15.8 Å². The molecule has 1 N–H and O–H groups in total. The maximum absolute atomic E-state index is 12.3. The maximum Gasteiger partial charge on any atom is 0.260 e. The molecule has 24 heavy (non-hydrogen) atoms. The molecule has 0 spiro atoms. The van der Waals surface area contributed by atoms with Crippen LogP contribution in [0.25, 0.3) is 10.2 Å². The number of unbranched alkanes of at least 4 members (excludes halogenated alkanes) is 1. The monoisotopic (exact) mass is 379 g/mol. The van der Waals surface area contributed by atoms with Crippen molar-refractivity contribution in [1.82, 2.24) is 9.97 Å².